The molecule has 0 spiro atoms. The summed E-state index contributed by atoms with van der Waals surface area (Å²) < 4.78 is 187. The summed E-state index contributed by atoms with van der Waals surface area (Å²) in [6, 6.07) is 0. The van der Waals surface area contributed by atoms with Crippen molar-refractivity contribution in [1.29, 1.82) is 0 Å². The molecule has 1 saturated heterocycles. The Balaban J connectivity index is 3.36. The lowest BCUT2D eigenvalue weighted by molar-refractivity contribution is -0.233. The number of phosphoric ester groups is 4. The van der Waals surface area contributed by atoms with Gasteiger partial charge in [-0.3, -0.25) is 56.5 Å². The molecule has 2 fully saturated rings. The highest BCUT2D eigenvalue weighted by Gasteiger charge is 2.64. The summed E-state index contributed by atoms with van der Waals surface area (Å²) in [4.78, 5) is 95.3. The fourth-order valence-corrected chi connectivity index (χ4v) is 10.3. The van der Waals surface area contributed by atoms with Gasteiger partial charge in [-0.2, -0.15) is 0 Å². The van der Waals surface area contributed by atoms with E-state index in [2.05, 4.69) is 0 Å². The van der Waals surface area contributed by atoms with Gasteiger partial charge in [0, 0.05) is 75.0 Å². The van der Waals surface area contributed by atoms with Crippen molar-refractivity contribution in [1.82, 2.24) is 0 Å². The van der Waals surface area contributed by atoms with Gasteiger partial charge in [-0.1, -0.05) is 0 Å². The van der Waals surface area contributed by atoms with E-state index in [1.54, 1.807) is 0 Å². The molecule has 0 amide bonds. The number of phosphoric acid groups is 4. The van der Waals surface area contributed by atoms with Crippen molar-refractivity contribution in [3.05, 3.63) is 0 Å². The maximum absolute atomic E-state index is 15.0. The van der Waals surface area contributed by atoms with Crippen LogP contribution in [0.4, 0.5) is 0 Å². The molecule has 7 atom stereocenters. The van der Waals surface area contributed by atoms with Crippen LogP contribution in [0, 0.1) is 5.92 Å². The van der Waals surface area contributed by atoms with Crippen molar-refractivity contribution in [3.8, 4) is 0 Å². The molecule has 1 heterocycles. The van der Waals surface area contributed by atoms with Crippen LogP contribution in [0.2, 0.25) is 0 Å². The molecule has 0 bridgehead atoms. The lowest BCUT2D eigenvalue weighted by Gasteiger charge is -2.51. The third-order valence-corrected chi connectivity index (χ3v) is 14.4. The third-order valence-electron chi connectivity index (χ3n) is 9.01. The molecule has 0 aromatic heterocycles. The van der Waals surface area contributed by atoms with E-state index in [0.717, 1.165) is 55.4 Å². The number of esters is 8. The Morgan fingerprint density at radius 2 is 0.679 bits per heavy atom. The van der Waals surface area contributed by atoms with Crippen LogP contribution < -0.4 is 0 Å². The monoisotopic (exact) mass is 1220 g/mol. The van der Waals surface area contributed by atoms with Gasteiger partial charge in [0.2, 0.25) is 54.3 Å². The van der Waals surface area contributed by atoms with E-state index < -0.39 is 183 Å². The van der Waals surface area contributed by atoms with E-state index in [-0.39, 0.29) is 32.7 Å². The number of rotatable bonds is 38. The number of carbonyl (C=O) groups is 8. The maximum atomic E-state index is 15.0. The summed E-state index contributed by atoms with van der Waals surface area (Å²) in [5.41, 5.74) is 0. The summed E-state index contributed by atoms with van der Waals surface area (Å²) in [5.74, 6) is -10.2. The summed E-state index contributed by atoms with van der Waals surface area (Å²) in [6.45, 7) is -4.27. The minimum atomic E-state index is -5.75. The molecule has 36 nitrogen and oxygen atoms in total. The molecule has 0 unspecified atom stereocenters. The Morgan fingerprint density at radius 3 is 0.974 bits per heavy atom. The van der Waals surface area contributed by atoms with E-state index in [0.29, 0.717) is 0 Å². The van der Waals surface area contributed by atoms with Gasteiger partial charge in [-0.05, 0) is 12.8 Å². The molecule has 78 heavy (non-hydrogen) atoms. The molecule has 0 aromatic carbocycles. The van der Waals surface area contributed by atoms with Crippen molar-refractivity contribution >= 4 is 79.0 Å². The van der Waals surface area contributed by atoms with E-state index in [1.807, 2.05) is 0 Å². The van der Waals surface area contributed by atoms with Gasteiger partial charge < -0.3 is 56.8 Å². The van der Waals surface area contributed by atoms with Gasteiger partial charge in [0.15, 0.2) is 0 Å². The fourth-order valence-electron chi connectivity index (χ4n) is 5.91. The highest BCUT2D eigenvalue weighted by Crippen LogP contribution is 2.63. The van der Waals surface area contributed by atoms with E-state index in [9.17, 15) is 52.1 Å². The minimum absolute atomic E-state index is 0.00960. The topological polar surface area (TPSA) is 426 Å². The van der Waals surface area contributed by atoms with Gasteiger partial charge in [-0.25, -0.2) is 54.5 Å². The second kappa shape index (κ2) is 35.7. The van der Waals surface area contributed by atoms with Crippen LogP contribution in [0.1, 0.15) is 68.2 Å². The number of methoxy groups -OCH3 is 1. The van der Waals surface area contributed by atoms with Crippen LogP contribution in [0.25, 0.3) is 0 Å². The van der Waals surface area contributed by atoms with Crippen molar-refractivity contribution < 1.29 is 168 Å². The zero-order valence-corrected chi connectivity index (χ0v) is 47.0. The molecule has 1 saturated carbocycles. The zero-order valence-electron chi connectivity index (χ0n) is 43.4. The Kier molecular flexibility index (Phi) is 32.1. The summed E-state index contributed by atoms with van der Waals surface area (Å²) in [7, 11) is -21.3. The molecule has 0 radical (unpaired) electrons. The first-order valence-electron chi connectivity index (χ1n) is 22.3. The van der Waals surface area contributed by atoms with Crippen LogP contribution >= 0.6 is 31.3 Å². The second-order valence-corrected chi connectivity index (χ2v) is 21.4. The predicted molar refractivity (Wildman–Crippen MR) is 242 cm³/mol. The number of hydrogen-bond acceptors (Lipinski definition) is 36. The van der Waals surface area contributed by atoms with E-state index >= 15 is 4.57 Å². The molecule has 1 aliphatic heterocycles. The Bertz CT molecular complexity index is 2060. The summed E-state index contributed by atoms with van der Waals surface area (Å²) in [5, 5.41) is 0. The molecule has 40 heteroatoms. The molecule has 0 N–H and O–H groups in total. The van der Waals surface area contributed by atoms with Crippen molar-refractivity contribution in [2.75, 3.05) is 88.1 Å². The van der Waals surface area contributed by atoms with E-state index in [1.165, 1.54) is 7.11 Å². The molecule has 0 aromatic rings. The molecule has 2 rings (SSSR count). The average Bonchev–Trinajstić information content (AvgIpc) is 3.54. The van der Waals surface area contributed by atoms with Gasteiger partial charge in [0.1, 0.15) is 31.2 Å². The molecular formula is C38H62O36P4. The van der Waals surface area contributed by atoms with Crippen LogP contribution in [-0.2, 0) is 168 Å². The maximum Gasteiger partial charge on any atom is 0.481 e. The normalized spacial score (nSPS) is 20.7. The second-order valence-electron chi connectivity index (χ2n) is 14.9. The lowest BCUT2D eigenvalue weighted by Crippen LogP contribution is -2.66. The minimum Gasteiger partial charge on any atom is -0.438 e. The first kappa shape index (κ1) is 70.1. The number of ether oxygens (including phenoxy) is 12. The predicted octanol–water partition coefficient (Wildman–Crippen LogP) is 3.07. The Morgan fingerprint density at radius 1 is 0.397 bits per heavy atom. The van der Waals surface area contributed by atoms with Crippen molar-refractivity contribution in [3.63, 3.8) is 0 Å². The highest BCUT2D eigenvalue weighted by atomic mass is 31.2. The van der Waals surface area contributed by atoms with Crippen LogP contribution in [-0.4, -0.2) is 172 Å². The Hall–Kier alpha value is -3.96. The van der Waals surface area contributed by atoms with Crippen LogP contribution in [0.3, 0.4) is 0 Å². The van der Waals surface area contributed by atoms with Gasteiger partial charge in [-0.15, -0.1) is 0 Å². The lowest BCUT2D eigenvalue weighted by atomic mass is 9.75. The average molecular weight is 1220 g/mol. The number of hydrogen-bond donors (Lipinski definition) is 0. The molecule has 1 aliphatic carbocycles. The highest BCUT2D eigenvalue weighted by molar-refractivity contribution is 7.49. The first-order valence-corrected chi connectivity index (χ1v) is 28.2. The third kappa shape index (κ3) is 28.0. The smallest absolute Gasteiger partial charge is 0.438 e. The molecule has 2 aliphatic rings. The fraction of sp³-hybridized carbons (Fsp3) is 0.789. The first-order chi connectivity index (χ1) is 36.6. The largest absolute Gasteiger partial charge is 0.481 e. The SMILES string of the molecule is COCCOCO[C@H]1CCCO[C@@H]2[C@H](OP(=O)(OCOC(C)=O)OCOC(C)=O)[C@@H](OP(=O)(OCOC(C)=O)OCOC(C)=O)[C@H](OP(=O)(OCOC(C)=O)OCOC(C)=O)[C@@H](OP(=O)(OCOC(C)=O)OCOC(C)=O)[C@@H]21. The van der Waals surface area contributed by atoms with Gasteiger partial charge in [0.25, 0.3) is 0 Å². The summed E-state index contributed by atoms with van der Waals surface area (Å²) in [6.07, 6.45) is -14.0. The van der Waals surface area contributed by atoms with Crippen molar-refractivity contribution in [2.24, 2.45) is 5.92 Å². The van der Waals surface area contributed by atoms with E-state index in [4.69, 9.17) is 111 Å². The quantitative estimate of drug-likeness (QED) is 0.0282. The van der Waals surface area contributed by atoms with Crippen LogP contribution in [0.15, 0.2) is 0 Å². The van der Waals surface area contributed by atoms with Gasteiger partial charge >= 0.3 is 79.0 Å². The molecular weight excluding hydrogens is 1160 g/mol. The van der Waals surface area contributed by atoms with Gasteiger partial charge in [0.05, 0.1) is 25.4 Å². The van der Waals surface area contributed by atoms with Crippen molar-refractivity contribution in [2.45, 2.75) is 105 Å². The number of fused-ring (bicyclic) bond motifs is 1. The Labute approximate surface area is 444 Å². The number of carbonyl (C=O) groups excluding carboxylic acids is 8. The molecule has 450 valence electrons. The van der Waals surface area contributed by atoms with Crippen LogP contribution in [0.5, 0.6) is 0 Å². The zero-order chi connectivity index (χ0) is 58.5. The summed E-state index contributed by atoms with van der Waals surface area (Å²) >= 11 is 0. The standard InChI is InChI=1S/C38H62O36P4/c1-24(39)54-16-63-75(47,64-17-55-25(2)40)71-35-33-32(62-15-52-14-13-51-9)11-10-12-53-34(33)36(72-76(48,65-18-56-26(3)41)66-19-57-27(4)42)38(74-78(50,69-22-60-30(7)45)70-23-61-31(8)46)37(35)73-77(49,67-20-58-28(5)43)68-21-59-29(6)44/h32-38H,10-23H2,1-9H3/t32-,33+,34-,35-,36-,37+,38+/m0/s1.